The Balaban J connectivity index is 1.52. The van der Waals surface area contributed by atoms with Gasteiger partial charge in [-0.1, -0.05) is 60.2 Å². The molecular weight excluding hydrogens is 424 g/mol. The lowest BCUT2D eigenvalue weighted by atomic mass is 10.0. The lowest BCUT2D eigenvalue weighted by molar-refractivity contribution is -0.119. The Kier molecular flexibility index (Phi) is 6.21. The van der Waals surface area contributed by atoms with Crippen LogP contribution in [-0.4, -0.2) is 37.0 Å². The summed E-state index contributed by atoms with van der Waals surface area (Å²) in [5, 5.41) is 2.80. The van der Waals surface area contributed by atoms with Crippen molar-refractivity contribution >= 4 is 27.4 Å². The summed E-state index contributed by atoms with van der Waals surface area (Å²) in [6.45, 7) is 2.18. The molecule has 1 aliphatic heterocycles. The predicted octanol–water partition coefficient (Wildman–Crippen LogP) is 4.02. The zero-order valence-corrected chi connectivity index (χ0v) is 18.5. The summed E-state index contributed by atoms with van der Waals surface area (Å²) in [6.07, 6.45) is 1.05. The molecule has 164 valence electrons. The number of aryl methyl sites for hydroxylation is 1. The molecule has 1 saturated heterocycles. The molecule has 1 atom stereocenters. The topological polar surface area (TPSA) is 83.6 Å². The van der Waals surface area contributed by atoms with Crippen LogP contribution in [0.5, 0.6) is 0 Å². The number of nitrogens with zero attached hydrogens (tertiary/aromatic N) is 1. The first kappa shape index (κ1) is 21.9. The Morgan fingerprint density at radius 3 is 2.31 bits per heavy atom. The van der Waals surface area contributed by atoms with Crippen LogP contribution in [0, 0.1) is 6.92 Å². The molecule has 0 unspecified atom stereocenters. The summed E-state index contributed by atoms with van der Waals surface area (Å²) in [4.78, 5) is 25.9. The molecule has 0 aliphatic carbocycles. The summed E-state index contributed by atoms with van der Waals surface area (Å²) in [5.41, 5.74) is 2.42. The van der Waals surface area contributed by atoms with Crippen LogP contribution < -0.4 is 5.32 Å². The number of sulfonamides is 1. The zero-order valence-electron chi connectivity index (χ0n) is 17.7. The van der Waals surface area contributed by atoms with Crippen molar-refractivity contribution in [1.82, 2.24) is 4.31 Å². The van der Waals surface area contributed by atoms with Gasteiger partial charge in [0.15, 0.2) is 5.78 Å². The van der Waals surface area contributed by atoms with Gasteiger partial charge in [-0.15, -0.1) is 0 Å². The van der Waals surface area contributed by atoms with Crippen LogP contribution in [0.1, 0.15) is 34.3 Å². The van der Waals surface area contributed by atoms with Crippen LogP contribution in [0.25, 0.3) is 0 Å². The second-order valence-corrected chi connectivity index (χ2v) is 9.74. The molecule has 1 amide bonds. The molecule has 3 aromatic rings. The van der Waals surface area contributed by atoms with Gasteiger partial charge in [0.05, 0.1) is 4.90 Å². The summed E-state index contributed by atoms with van der Waals surface area (Å²) in [7, 11) is -3.78. The molecule has 1 heterocycles. The largest absolute Gasteiger partial charge is 0.325 e. The fraction of sp³-hybridized carbons (Fsp3) is 0.200. The standard InChI is InChI=1S/C25H24N2O4S/c1-18-12-14-22(15-13-18)32(30,31)27-16-6-11-23(27)25(29)26-21-10-5-9-20(17-21)24(28)19-7-3-2-4-8-19/h2-5,7-10,12-15,17,23H,6,11,16H2,1H3,(H,26,29)/t23-/m0/s1. The molecule has 6 nitrogen and oxygen atoms in total. The minimum absolute atomic E-state index is 0.147. The van der Waals surface area contributed by atoms with Crippen LogP contribution in [0.4, 0.5) is 5.69 Å². The lowest BCUT2D eigenvalue weighted by Gasteiger charge is -2.23. The average molecular weight is 449 g/mol. The predicted molar refractivity (Wildman–Crippen MR) is 123 cm³/mol. The molecule has 0 saturated carbocycles. The molecule has 7 heteroatoms. The van der Waals surface area contributed by atoms with Crippen molar-refractivity contribution in [3.8, 4) is 0 Å². The van der Waals surface area contributed by atoms with E-state index in [0.29, 0.717) is 36.2 Å². The van der Waals surface area contributed by atoms with Crippen molar-refractivity contribution in [2.45, 2.75) is 30.7 Å². The fourth-order valence-electron chi connectivity index (χ4n) is 3.86. The SMILES string of the molecule is Cc1ccc(S(=O)(=O)N2CCC[C@H]2C(=O)Nc2cccc(C(=O)c3ccccc3)c2)cc1. The first-order chi connectivity index (χ1) is 15.4. The number of ketones is 1. The third-order valence-corrected chi connectivity index (χ3v) is 7.48. The Bertz CT molecular complexity index is 1240. The molecule has 32 heavy (non-hydrogen) atoms. The van der Waals surface area contributed by atoms with Crippen molar-refractivity contribution < 1.29 is 18.0 Å². The molecule has 4 rings (SSSR count). The highest BCUT2D eigenvalue weighted by Gasteiger charge is 2.39. The monoisotopic (exact) mass is 448 g/mol. The summed E-state index contributed by atoms with van der Waals surface area (Å²) >= 11 is 0. The van der Waals surface area contributed by atoms with Gasteiger partial charge in [0.1, 0.15) is 6.04 Å². The van der Waals surface area contributed by atoms with Crippen molar-refractivity contribution in [3.05, 3.63) is 95.6 Å². The molecule has 0 radical (unpaired) electrons. The number of hydrogen-bond acceptors (Lipinski definition) is 4. The Labute approximate surface area is 187 Å². The Hall–Kier alpha value is -3.29. The highest BCUT2D eigenvalue weighted by molar-refractivity contribution is 7.89. The van der Waals surface area contributed by atoms with E-state index in [2.05, 4.69) is 5.32 Å². The number of carbonyl (C=O) groups excluding carboxylic acids is 2. The van der Waals surface area contributed by atoms with E-state index in [1.54, 1.807) is 72.8 Å². The van der Waals surface area contributed by atoms with Crippen LogP contribution in [0.15, 0.2) is 83.8 Å². The van der Waals surface area contributed by atoms with E-state index in [9.17, 15) is 18.0 Å². The summed E-state index contributed by atoms with van der Waals surface area (Å²) in [5.74, 6) is -0.548. The van der Waals surface area contributed by atoms with Gasteiger partial charge in [0.2, 0.25) is 15.9 Å². The maximum Gasteiger partial charge on any atom is 0.243 e. The first-order valence-electron chi connectivity index (χ1n) is 10.5. The van der Waals surface area contributed by atoms with E-state index in [4.69, 9.17) is 0 Å². The molecule has 1 aliphatic rings. The van der Waals surface area contributed by atoms with Gasteiger partial charge in [-0.2, -0.15) is 4.31 Å². The second-order valence-electron chi connectivity index (χ2n) is 7.85. The maximum absolute atomic E-state index is 13.1. The van der Waals surface area contributed by atoms with Gasteiger partial charge in [0.25, 0.3) is 0 Å². The third-order valence-electron chi connectivity index (χ3n) is 5.56. The fourth-order valence-corrected chi connectivity index (χ4v) is 5.51. The van der Waals surface area contributed by atoms with Crippen LogP contribution in [-0.2, 0) is 14.8 Å². The van der Waals surface area contributed by atoms with Crippen molar-refractivity contribution in [3.63, 3.8) is 0 Å². The van der Waals surface area contributed by atoms with Crippen LogP contribution >= 0.6 is 0 Å². The van der Waals surface area contributed by atoms with Gasteiger partial charge in [-0.05, 0) is 44.0 Å². The van der Waals surface area contributed by atoms with Gasteiger partial charge < -0.3 is 5.32 Å². The molecule has 1 N–H and O–H groups in total. The van der Waals surface area contributed by atoms with E-state index in [-0.39, 0.29) is 10.7 Å². The minimum atomic E-state index is -3.78. The molecule has 1 fully saturated rings. The van der Waals surface area contributed by atoms with E-state index in [1.807, 2.05) is 13.0 Å². The Morgan fingerprint density at radius 2 is 1.59 bits per heavy atom. The summed E-state index contributed by atoms with van der Waals surface area (Å²) < 4.78 is 27.5. The van der Waals surface area contributed by atoms with E-state index in [0.717, 1.165) is 5.56 Å². The molecule has 0 spiro atoms. The normalized spacial score (nSPS) is 16.6. The van der Waals surface area contributed by atoms with E-state index in [1.165, 1.54) is 4.31 Å². The smallest absolute Gasteiger partial charge is 0.243 e. The second kappa shape index (κ2) is 9.06. The molecular formula is C25H24N2O4S. The molecule has 0 aromatic heterocycles. The third kappa shape index (κ3) is 4.49. The number of anilines is 1. The zero-order chi connectivity index (χ0) is 22.7. The highest BCUT2D eigenvalue weighted by atomic mass is 32.2. The van der Waals surface area contributed by atoms with Crippen molar-refractivity contribution in [2.24, 2.45) is 0 Å². The van der Waals surface area contributed by atoms with E-state index >= 15 is 0 Å². The average Bonchev–Trinajstić information content (AvgIpc) is 3.31. The van der Waals surface area contributed by atoms with E-state index < -0.39 is 22.0 Å². The lowest BCUT2D eigenvalue weighted by Crippen LogP contribution is -2.43. The first-order valence-corrected chi connectivity index (χ1v) is 11.9. The molecule has 0 bridgehead atoms. The number of carbonyl (C=O) groups is 2. The number of nitrogens with one attached hydrogen (secondary N) is 1. The highest BCUT2D eigenvalue weighted by Crippen LogP contribution is 2.27. The van der Waals surface area contributed by atoms with Crippen LogP contribution in [0.2, 0.25) is 0 Å². The van der Waals surface area contributed by atoms with Gasteiger partial charge in [-0.3, -0.25) is 9.59 Å². The van der Waals surface area contributed by atoms with Crippen molar-refractivity contribution in [2.75, 3.05) is 11.9 Å². The molecule has 3 aromatic carbocycles. The minimum Gasteiger partial charge on any atom is -0.325 e. The Morgan fingerprint density at radius 1 is 0.906 bits per heavy atom. The number of benzene rings is 3. The van der Waals surface area contributed by atoms with Gasteiger partial charge in [-0.25, -0.2) is 8.42 Å². The van der Waals surface area contributed by atoms with Crippen molar-refractivity contribution in [1.29, 1.82) is 0 Å². The number of hydrogen-bond donors (Lipinski definition) is 1. The summed E-state index contributed by atoms with van der Waals surface area (Å²) in [6, 6.07) is 21.4. The number of rotatable bonds is 6. The maximum atomic E-state index is 13.1. The quantitative estimate of drug-likeness (QED) is 0.578. The van der Waals surface area contributed by atoms with Gasteiger partial charge in [0, 0.05) is 23.4 Å². The number of amides is 1. The van der Waals surface area contributed by atoms with Gasteiger partial charge >= 0.3 is 0 Å². The van der Waals surface area contributed by atoms with Crippen LogP contribution in [0.3, 0.4) is 0 Å².